The molecule has 144 valence electrons. The summed E-state index contributed by atoms with van der Waals surface area (Å²) in [6, 6.07) is 13.7. The maximum absolute atomic E-state index is 13.2. The van der Waals surface area contributed by atoms with Crippen LogP contribution in [0.15, 0.2) is 58.8 Å². The van der Waals surface area contributed by atoms with Crippen molar-refractivity contribution < 1.29 is 27.4 Å². The van der Waals surface area contributed by atoms with Gasteiger partial charge in [-0.15, -0.1) is 11.3 Å². The van der Waals surface area contributed by atoms with Crippen LogP contribution >= 0.6 is 11.3 Å². The summed E-state index contributed by atoms with van der Waals surface area (Å²) in [4.78, 5) is 12.1. The number of esters is 1. The van der Waals surface area contributed by atoms with Crippen molar-refractivity contribution in [1.29, 1.82) is 0 Å². The molecule has 0 aliphatic carbocycles. The molecule has 0 fully saturated rings. The van der Waals surface area contributed by atoms with Crippen LogP contribution in [0.3, 0.4) is 0 Å². The van der Waals surface area contributed by atoms with Gasteiger partial charge in [0.2, 0.25) is 6.79 Å². The Labute approximate surface area is 165 Å². The molecule has 28 heavy (non-hydrogen) atoms. The Balaban J connectivity index is 1.79. The molecule has 0 unspecified atom stereocenters. The zero-order chi connectivity index (χ0) is 19.7. The molecule has 0 saturated heterocycles. The number of fused-ring (bicyclic) bond motifs is 1. The van der Waals surface area contributed by atoms with Gasteiger partial charge in [0, 0.05) is 17.0 Å². The molecule has 9 heteroatoms. The molecule has 2 aromatic carbocycles. The summed E-state index contributed by atoms with van der Waals surface area (Å²) in [5, 5.41) is 1.63. The first-order chi connectivity index (χ1) is 13.5. The molecular weight excluding hydrogens is 402 g/mol. The smallest absolute Gasteiger partial charge is 0.349 e. The lowest BCUT2D eigenvalue weighted by atomic mass is 10.1. The summed E-state index contributed by atoms with van der Waals surface area (Å²) in [6.45, 7) is 0.0840. The Morgan fingerprint density at radius 3 is 2.61 bits per heavy atom. The fourth-order valence-corrected chi connectivity index (χ4v) is 5.60. The summed E-state index contributed by atoms with van der Waals surface area (Å²) in [5.41, 5.74) is 1.41. The van der Waals surface area contributed by atoms with Crippen molar-refractivity contribution in [1.82, 2.24) is 0 Å². The van der Waals surface area contributed by atoms with Gasteiger partial charge >= 0.3 is 5.97 Å². The second kappa shape index (κ2) is 7.17. The lowest BCUT2D eigenvalue weighted by Crippen LogP contribution is -2.16. The van der Waals surface area contributed by atoms with Crippen LogP contribution in [0.1, 0.15) is 9.67 Å². The van der Waals surface area contributed by atoms with Crippen molar-refractivity contribution >= 4 is 33.0 Å². The van der Waals surface area contributed by atoms with Gasteiger partial charge < -0.3 is 14.2 Å². The molecule has 2 heterocycles. The number of ether oxygens (including phenoxy) is 3. The standard InChI is InChI=1S/C19H15NO6S2/c1-24-19(21)17-18(14(10-27-17)12-5-3-2-4-6-12)28(22,23)20-13-7-8-15-16(9-13)26-11-25-15/h2-10,20H,11H2,1H3. The van der Waals surface area contributed by atoms with Crippen LogP contribution in [0.5, 0.6) is 11.5 Å². The quantitative estimate of drug-likeness (QED) is 0.636. The van der Waals surface area contributed by atoms with Crippen LogP contribution in [0.2, 0.25) is 0 Å². The van der Waals surface area contributed by atoms with E-state index in [-0.39, 0.29) is 16.6 Å². The highest BCUT2D eigenvalue weighted by Crippen LogP contribution is 2.38. The summed E-state index contributed by atoms with van der Waals surface area (Å²) in [7, 11) is -2.87. The fraction of sp³-hybridized carbons (Fsp3) is 0.105. The van der Waals surface area contributed by atoms with E-state index < -0.39 is 16.0 Å². The van der Waals surface area contributed by atoms with Crippen LogP contribution in [-0.2, 0) is 14.8 Å². The largest absolute Gasteiger partial charge is 0.465 e. The molecule has 3 aromatic rings. The van der Waals surface area contributed by atoms with Gasteiger partial charge in [-0.1, -0.05) is 30.3 Å². The number of anilines is 1. The van der Waals surface area contributed by atoms with Crippen molar-refractivity contribution in [2.75, 3.05) is 18.6 Å². The summed E-state index contributed by atoms with van der Waals surface area (Å²) in [6.07, 6.45) is 0. The molecule has 4 rings (SSSR count). The summed E-state index contributed by atoms with van der Waals surface area (Å²) in [5.74, 6) is 0.277. The number of methoxy groups -OCH3 is 1. The summed E-state index contributed by atoms with van der Waals surface area (Å²) < 4.78 is 44.2. The highest BCUT2D eigenvalue weighted by molar-refractivity contribution is 7.93. The SMILES string of the molecule is COC(=O)c1scc(-c2ccccc2)c1S(=O)(=O)Nc1ccc2c(c1)OCO2. The topological polar surface area (TPSA) is 90.9 Å². The molecule has 0 spiro atoms. The highest BCUT2D eigenvalue weighted by Gasteiger charge is 2.30. The first kappa shape index (κ1) is 18.3. The normalized spacial score (nSPS) is 12.6. The number of benzene rings is 2. The van der Waals surface area contributed by atoms with Gasteiger partial charge in [0.1, 0.15) is 9.77 Å². The minimum Gasteiger partial charge on any atom is -0.465 e. The molecule has 0 radical (unpaired) electrons. The molecule has 0 saturated carbocycles. The number of hydrogen-bond donors (Lipinski definition) is 1. The van der Waals surface area contributed by atoms with E-state index in [2.05, 4.69) is 4.72 Å². The number of hydrogen-bond acceptors (Lipinski definition) is 7. The first-order valence-electron chi connectivity index (χ1n) is 8.17. The van der Waals surface area contributed by atoms with Crippen LogP contribution in [0, 0.1) is 0 Å². The van der Waals surface area contributed by atoms with E-state index in [0.29, 0.717) is 28.3 Å². The van der Waals surface area contributed by atoms with Crippen LogP contribution in [-0.4, -0.2) is 28.3 Å². The monoisotopic (exact) mass is 417 g/mol. The van der Waals surface area contributed by atoms with Gasteiger partial charge in [-0.2, -0.15) is 0 Å². The van der Waals surface area contributed by atoms with E-state index in [1.165, 1.54) is 13.2 Å². The Morgan fingerprint density at radius 1 is 1.11 bits per heavy atom. The molecule has 7 nitrogen and oxygen atoms in total. The maximum Gasteiger partial charge on any atom is 0.349 e. The van der Waals surface area contributed by atoms with E-state index in [9.17, 15) is 13.2 Å². The lowest BCUT2D eigenvalue weighted by Gasteiger charge is -2.11. The molecular formula is C19H15NO6S2. The van der Waals surface area contributed by atoms with Crippen molar-refractivity contribution in [3.63, 3.8) is 0 Å². The molecule has 1 aromatic heterocycles. The average Bonchev–Trinajstić information content (AvgIpc) is 3.34. The molecule has 0 bridgehead atoms. The van der Waals surface area contributed by atoms with Crippen molar-refractivity contribution in [3.05, 3.63) is 58.8 Å². The van der Waals surface area contributed by atoms with Gasteiger partial charge in [0.05, 0.1) is 12.8 Å². The Morgan fingerprint density at radius 2 is 1.86 bits per heavy atom. The predicted octanol–water partition coefficient (Wildman–Crippen LogP) is 3.73. The number of thiophene rings is 1. The third-order valence-corrected chi connectivity index (χ3v) is 6.65. The van der Waals surface area contributed by atoms with E-state index in [0.717, 1.165) is 11.3 Å². The highest BCUT2D eigenvalue weighted by atomic mass is 32.2. The van der Waals surface area contributed by atoms with Crippen LogP contribution in [0.25, 0.3) is 11.1 Å². The zero-order valence-corrected chi connectivity index (χ0v) is 16.3. The number of sulfonamides is 1. The second-order valence-electron chi connectivity index (χ2n) is 5.84. The number of nitrogens with one attached hydrogen (secondary N) is 1. The molecule has 1 aliphatic heterocycles. The van der Waals surface area contributed by atoms with Gasteiger partial charge in [-0.05, 0) is 17.7 Å². The minimum absolute atomic E-state index is 0.00889. The molecule has 0 amide bonds. The number of carbonyl (C=O) groups is 1. The predicted molar refractivity (Wildman–Crippen MR) is 104 cm³/mol. The average molecular weight is 417 g/mol. The fourth-order valence-electron chi connectivity index (χ4n) is 2.83. The first-order valence-corrected chi connectivity index (χ1v) is 10.5. The van der Waals surface area contributed by atoms with E-state index in [1.54, 1.807) is 41.8 Å². The minimum atomic E-state index is -4.09. The van der Waals surface area contributed by atoms with Crippen molar-refractivity contribution in [2.45, 2.75) is 4.90 Å². The van der Waals surface area contributed by atoms with Gasteiger partial charge in [0.15, 0.2) is 11.5 Å². The zero-order valence-electron chi connectivity index (χ0n) is 14.7. The molecule has 0 atom stereocenters. The third-order valence-electron chi connectivity index (χ3n) is 4.09. The third kappa shape index (κ3) is 3.30. The Kier molecular flexibility index (Phi) is 4.70. The second-order valence-corrected chi connectivity index (χ2v) is 8.34. The molecule has 1 aliphatic rings. The maximum atomic E-state index is 13.2. The molecule has 1 N–H and O–H groups in total. The van der Waals surface area contributed by atoms with E-state index in [4.69, 9.17) is 14.2 Å². The van der Waals surface area contributed by atoms with E-state index >= 15 is 0 Å². The van der Waals surface area contributed by atoms with Crippen LogP contribution in [0.4, 0.5) is 5.69 Å². The lowest BCUT2D eigenvalue weighted by molar-refractivity contribution is 0.0602. The van der Waals surface area contributed by atoms with Crippen molar-refractivity contribution in [2.24, 2.45) is 0 Å². The Hall–Kier alpha value is -3.04. The van der Waals surface area contributed by atoms with E-state index in [1.807, 2.05) is 6.07 Å². The van der Waals surface area contributed by atoms with Gasteiger partial charge in [0.25, 0.3) is 10.0 Å². The number of rotatable bonds is 5. The van der Waals surface area contributed by atoms with Crippen LogP contribution < -0.4 is 14.2 Å². The van der Waals surface area contributed by atoms with Crippen molar-refractivity contribution in [3.8, 4) is 22.6 Å². The van der Waals surface area contributed by atoms with Gasteiger partial charge in [-0.25, -0.2) is 13.2 Å². The Bertz CT molecular complexity index is 1140. The summed E-state index contributed by atoms with van der Waals surface area (Å²) >= 11 is 1.02. The van der Waals surface area contributed by atoms with Gasteiger partial charge in [-0.3, -0.25) is 4.72 Å². The number of carbonyl (C=O) groups excluding carboxylic acids is 1.